The van der Waals surface area contributed by atoms with Gasteiger partial charge < -0.3 is 64.2 Å². The quantitative estimate of drug-likeness (QED) is 0.0182. The van der Waals surface area contributed by atoms with Crippen molar-refractivity contribution in [2.45, 2.75) is 184 Å². The first-order valence-corrected chi connectivity index (χ1v) is 25.8. The lowest BCUT2D eigenvalue weighted by atomic mass is 9.98. The molecule has 0 spiro atoms. The summed E-state index contributed by atoms with van der Waals surface area (Å²) in [5.41, 5.74) is 0. The molecule has 0 aromatic rings. The van der Waals surface area contributed by atoms with Gasteiger partial charge in [-0.2, -0.15) is 0 Å². The fourth-order valence-corrected chi connectivity index (χ4v) is 6.98. The Kier molecular flexibility index (Phi) is 37.2. The molecule has 72 heavy (non-hydrogen) atoms. The van der Waals surface area contributed by atoms with Crippen LogP contribution in [0.3, 0.4) is 0 Å². The Labute approximate surface area is 428 Å². The van der Waals surface area contributed by atoms with E-state index in [9.17, 15) is 45.3 Å². The Morgan fingerprint density at radius 1 is 0.444 bits per heavy atom. The largest absolute Gasteiger partial charge is 0.462 e. The highest BCUT2D eigenvalue weighted by atomic mass is 16.7. The van der Waals surface area contributed by atoms with Crippen molar-refractivity contribution in [3.05, 3.63) is 134 Å². The Hall–Kier alpha value is -4.36. The minimum Gasteiger partial charge on any atom is -0.462 e. The van der Waals surface area contributed by atoms with Gasteiger partial charge in [-0.1, -0.05) is 148 Å². The number of aliphatic hydroxyl groups is 7. The van der Waals surface area contributed by atoms with E-state index in [0.29, 0.717) is 25.7 Å². The number of rotatable bonds is 37. The average molecular weight is 1010 g/mol. The third-order valence-corrected chi connectivity index (χ3v) is 11.1. The van der Waals surface area contributed by atoms with Gasteiger partial charge in [0.2, 0.25) is 0 Å². The van der Waals surface area contributed by atoms with E-state index in [1.807, 2.05) is 30.4 Å². The van der Waals surface area contributed by atoms with E-state index in [0.717, 1.165) is 64.2 Å². The van der Waals surface area contributed by atoms with Crippen LogP contribution in [0, 0.1) is 0 Å². The van der Waals surface area contributed by atoms with Crippen molar-refractivity contribution >= 4 is 11.9 Å². The molecule has 7 N–H and O–H groups in total. The van der Waals surface area contributed by atoms with Crippen molar-refractivity contribution < 1.29 is 73.8 Å². The maximum absolute atomic E-state index is 13.0. The molecule has 2 saturated heterocycles. The fourth-order valence-electron chi connectivity index (χ4n) is 6.98. The summed E-state index contributed by atoms with van der Waals surface area (Å²) in [6.45, 7) is 2.18. The molecule has 2 heterocycles. The summed E-state index contributed by atoms with van der Waals surface area (Å²) < 4.78 is 33.4. The molecule has 0 aromatic carbocycles. The normalized spacial score (nSPS) is 26.1. The summed E-state index contributed by atoms with van der Waals surface area (Å²) in [6, 6.07) is 0. The molecule has 404 valence electrons. The van der Waals surface area contributed by atoms with Crippen LogP contribution in [0.5, 0.6) is 0 Å². The van der Waals surface area contributed by atoms with E-state index < -0.39 is 99.3 Å². The molecule has 11 atom stereocenters. The van der Waals surface area contributed by atoms with Gasteiger partial charge in [-0.25, -0.2) is 0 Å². The molecule has 15 nitrogen and oxygen atoms in total. The number of hydrogen-bond donors (Lipinski definition) is 7. The average Bonchev–Trinajstić information content (AvgIpc) is 3.37. The second-order valence-electron chi connectivity index (χ2n) is 17.2. The van der Waals surface area contributed by atoms with Gasteiger partial charge in [0.1, 0.15) is 55.4 Å². The first-order valence-electron chi connectivity index (χ1n) is 25.8. The second kappa shape index (κ2) is 42.0. The molecule has 0 bridgehead atoms. The highest BCUT2D eigenvalue weighted by Gasteiger charge is 2.47. The molecule has 0 saturated carbocycles. The lowest BCUT2D eigenvalue weighted by molar-refractivity contribution is -0.332. The predicted octanol–water partition coefficient (Wildman–Crippen LogP) is 7.48. The van der Waals surface area contributed by atoms with Crippen LogP contribution in [0.2, 0.25) is 0 Å². The molecule has 0 radical (unpaired) electrons. The van der Waals surface area contributed by atoms with Gasteiger partial charge in [0.25, 0.3) is 0 Å². The molecular formula is C57H86O15. The van der Waals surface area contributed by atoms with Crippen molar-refractivity contribution in [1.29, 1.82) is 0 Å². The number of esters is 2. The van der Waals surface area contributed by atoms with Crippen LogP contribution in [0.4, 0.5) is 0 Å². The number of carbonyl (C=O) groups is 2. The molecule has 4 unspecified atom stereocenters. The molecule has 15 heteroatoms. The smallest absolute Gasteiger partial charge is 0.306 e. The van der Waals surface area contributed by atoms with E-state index in [-0.39, 0.29) is 19.4 Å². The second-order valence-corrected chi connectivity index (χ2v) is 17.2. The minimum absolute atomic E-state index is 0.0185. The van der Waals surface area contributed by atoms with Gasteiger partial charge in [0.05, 0.1) is 19.8 Å². The Morgan fingerprint density at radius 2 is 0.833 bits per heavy atom. The molecule has 0 amide bonds. The lowest BCUT2D eigenvalue weighted by Gasteiger charge is -2.42. The molecular weight excluding hydrogens is 925 g/mol. The summed E-state index contributed by atoms with van der Waals surface area (Å²) in [7, 11) is 0. The standard InChI is InChI=1S/C57H86O15/c1-3-5-7-9-11-13-15-17-19-21-22-24-26-28-30-32-34-36-38-40-49(60)70-45(42-67-48(59)39-37-35-33-31-29-27-25-23-20-18-16-14-12-10-8-6-4-2)43-68-56-55(66)53(64)51(62)47(72-56)44-69-57-54(65)52(63)50(61)46(41-58)71-57/h5-8,11-14,17-20,22,24-25,27-28,30-31,33-34,36,45-47,50-58,61-66H,3-4,9-10,15-16,21,23,26,29,32,35,37-44H2,1-2H3/b7-5+,8-6+,13-11+,14-12+,19-17+,20-18+,24-22+,27-25+,30-28+,33-31+,36-34+/t45-,46+,47+,50-,51-,52?,53?,54?,55?,56+,57+/m1/s1. The van der Waals surface area contributed by atoms with Crippen LogP contribution >= 0.6 is 0 Å². The Bertz CT molecular complexity index is 1760. The van der Waals surface area contributed by atoms with Gasteiger partial charge in [0, 0.05) is 12.8 Å². The van der Waals surface area contributed by atoms with Crippen LogP contribution in [-0.4, -0.2) is 142 Å². The number of allylic oxidation sites excluding steroid dienone is 22. The van der Waals surface area contributed by atoms with Crippen molar-refractivity contribution in [1.82, 2.24) is 0 Å². The molecule has 0 aliphatic carbocycles. The number of carbonyl (C=O) groups excluding carboxylic acids is 2. The van der Waals surface area contributed by atoms with Crippen molar-refractivity contribution in [3.63, 3.8) is 0 Å². The number of unbranched alkanes of at least 4 members (excludes halogenated alkanes) is 1. The summed E-state index contributed by atoms with van der Waals surface area (Å²) in [5.74, 6) is -1.11. The van der Waals surface area contributed by atoms with Crippen LogP contribution in [0.1, 0.15) is 117 Å². The zero-order chi connectivity index (χ0) is 52.4. The number of ether oxygens (including phenoxy) is 6. The summed E-state index contributed by atoms with van der Waals surface area (Å²) in [5, 5.41) is 72.1. The fraction of sp³-hybridized carbons (Fsp3) is 0.579. The summed E-state index contributed by atoms with van der Waals surface area (Å²) >= 11 is 0. The number of hydrogen-bond acceptors (Lipinski definition) is 15. The molecule has 0 aromatic heterocycles. The van der Waals surface area contributed by atoms with Gasteiger partial charge in [0.15, 0.2) is 18.7 Å². The number of aliphatic hydroxyl groups excluding tert-OH is 7. The zero-order valence-electron chi connectivity index (χ0n) is 42.6. The third kappa shape index (κ3) is 29.4. The van der Waals surface area contributed by atoms with Gasteiger partial charge in [-0.05, 0) is 89.9 Å². The molecule has 2 aliphatic heterocycles. The topological polar surface area (TPSA) is 231 Å². The van der Waals surface area contributed by atoms with Crippen LogP contribution in [0.25, 0.3) is 0 Å². The van der Waals surface area contributed by atoms with E-state index in [1.54, 1.807) is 0 Å². The van der Waals surface area contributed by atoms with E-state index in [2.05, 4.69) is 117 Å². The van der Waals surface area contributed by atoms with Gasteiger partial charge >= 0.3 is 11.9 Å². The van der Waals surface area contributed by atoms with Gasteiger partial charge in [-0.15, -0.1) is 0 Å². The van der Waals surface area contributed by atoms with E-state index in [4.69, 9.17) is 28.4 Å². The Morgan fingerprint density at radius 3 is 1.28 bits per heavy atom. The predicted molar refractivity (Wildman–Crippen MR) is 279 cm³/mol. The Balaban J connectivity index is 1.88. The van der Waals surface area contributed by atoms with Crippen molar-refractivity contribution in [2.75, 3.05) is 26.4 Å². The molecule has 2 aliphatic rings. The van der Waals surface area contributed by atoms with E-state index >= 15 is 0 Å². The maximum atomic E-state index is 13.0. The SMILES string of the molecule is CC/C=C/C/C=C/C/C=C/C/C=C/C/C=C/C/C=C/CCC(=O)O[C@H](COC(=O)CCC/C=C/C/C=C/C/C=C/C/C=C/C/C=C/CC)CO[C@H]1O[C@@H](CO[C@H]2O[C@@H](CO)[C@@H](O)C(O)C2O)[C@@H](O)C(O)C1O. The maximum Gasteiger partial charge on any atom is 0.306 e. The van der Waals surface area contributed by atoms with Crippen molar-refractivity contribution in [2.24, 2.45) is 0 Å². The highest BCUT2D eigenvalue weighted by molar-refractivity contribution is 5.70. The lowest BCUT2D eigenvalue weighted by Crippen LogP contribution is -2.61. The molecule has 2 fully saturated rings. The van der Waals surface area contributed by atoms with Gasteiger partial charge in [-0.3, -0.25) is 9.59 Å². The monoisotopic (exact) mass is 1010 g/mol. The summed E-state index contributed by atoms with van der Waals surface area (Å²) in [4.78, 5) is 25.7. The highest BCUT2D eigenvalue weighted by Crippen LogP contribution is 2.26. The van der Waals surface area contributed by atoms with Crippen LogP contribution in [0.15, 0.2) is 134 Å². The molecule has 2 rings (SSSR count). The zero-order valence-corrected chi connectivity index (χ0v) is 42.6. The minimum atomic E-state index is -1.80. The van der Waals surface area contributed by atoms with Crippen LogP contribution < -0.4 is 0 Å². The first kappa shape index (κ1) is 63.8. The van der Waals surface area contributed by atoms with Crippen molar-refractivity contribution in [3.8, 4) is 0 Å². The van der Waals surface area contributed by atoms with Crippen LogP contribution in [-0.2, 0) is 38.0 Å². The first-order chi connectivity index (χ1) is 35.0. The summed E-state index contributed by atoms with van der Waals surface area (Å²) in [6.07, 6.45) is 40.7. The van der Waals surface area contributed by atoms with E-state index in [1.165, 1.54) is 0 Å². The third-order valence-electron chi connectivity index (χ3n) is 11.1.